The molecule has 0 fully saturated rings. The predicted molar refractivity (Wildman–Crippen MR) is 27.7 cm³/mol. The van der Waals surface area contributed by atoms with E-state index in [0.29, 0.717) is 0 Å². The molecule has 0 aliphatic rings. The first-order valence-electron chi connectivity index (χ1n) is 0.783. The van der Waals surface area contributed by atoms with Crippen LogP contribution in [-0.4, -0.2) is 9.79 Å². The zero-order chi connectivity index (χ0) is 4.50. The van der Waals surface area contributed by atoms with Crippen LogP contribution < -0.4 is 0 Å². The summed E-state index contributed by atoms with van der Waals surface area (Å²) in [4.78, 5) is 15.7. The second-order valence-electron chi connectivity index (χ2n) is 0.513. The second-order valence-corrected chi connectivity index (χ2v) is 5.55. The number of hydrogen-bond donors (Lipinski definition) is 3. The van der Waals surface area contributed by atoms with Gasteiger partial charge in [0, 0.05) is 16.5 Å². The van der Waals surface area contributed by atoms with E-state index in [2.05, 4.69) is 24.1 Å². The molecule has 42 valence electrons. The summed E-state index contributed by atoms with van der Waals surface area (Å²) < 4.78 is 0. The van der Waals surface area contributed by atoms with Crippen molar-refractivity contribution >= 4 is 29.7 Å². The molecule has 0 aromatic carbocycles. The predicted octanol–water partition coefficient (Wildman–Crippen LogP) is 0.123. The summed E-state index contributed by atoms with van der Waals surface area (Å²) in [5.74, 6) is 0. The fraction of sp³-hybridized carbons (Fsp3) is 0. The summed E-state index contributed by atoms with van der Waals surface area (Å²) in [6, 6.07) is 0. The van der Waals surface area contributed by atoms with Crippen molar-refractivity contribution in [3.05, 3.63) is 0 Å². The van der Waals surface area contributed by atoms with Crippen molar-refractivity contribution in [1.29, 1.82) is 0 Å². The molecule has 2 N–H and O–H groups in total. The molecule has 0 spiro atoms. The van der Waals surface area contributed by atoms with Gasteiger partial charge in [-0.25, -0.2) is 0 Å². The zero-order valence-electron chi connectivity index (χ0n) is 2.51. The van der Waals surface area contributed by atoms with Crippen LogP contribution >= 0.6 is 17.9 Å². The van der Waals surface area contributed by atoms with Gasteiger partial charge >= 0.3 is 0 Å². The summed E-state index contributed by atoms with van der Waals surface area (Å²) in [5, 5.41) is 0. The minimum atomic E-state index is -3.11. The van der Waals surface area contributed by atoms with Crippen LogP contribution in [0.4, 0.5) is 0 Å². The number of rotatable bonds is 0. The third-order valence-electron chi connectivity index (χ3n) is 0. The van der Waals surface area contributed by atoms with Crippen LogP contribution in [0.5, 0.6) is 0 Å². The maximum Gasteiger partial charge on any atom is 0.239 e. The summed E-state index contributed by atoms with van der Waals surface area (Å²) >= 11 is 7.07. The summed E-state index contributed by atoms with van der Waals surface area (Å²) in [5.41, 5.74) is -3.11. The van der Waals surface area contributed by atoms with E-state index in [9.17, 15) is 0 Å². The molecular weight excluding hydrogens is 186 g/mol. The van der Waals surface area contributed by atoms with Crippen molar-refractivity contribution in [2.75, 3.05) is 0 Å². The smallest absolute Gasteiger partial charge is 0.239 e. The Balaban J connectivity index is 0. The molecule has 0 radical (unpaired) electrons. The molecule has 0 saturated carbocycles. The Bertz CT molecular complexity index is 57.7. The Morgan fingerprint density at radius 1 is 1.50 bits per heavy atom. The topological polar surface area (TPSA) is 40.5 Å². The standard InChI is InChI=1S/Ni.H3O2PS2/c;1-3(2,4)5/h;(H3,1,2,4,5). The third kappa shape index (κ3) is 52.8. The van der Waals surface area contributed by atoms with Gasteiger partial charge in [0.15, 0.2) is 0 Å². The molecule has 0 aliphatic carbocycles. The van der Waals surface area contributed by atoms with Crippen molar-refractivity contribution in [3.8, 4) is 0 Å². The normalized spacial score (nSPS) is 9.83. The molecule has 0 aliphatic heterocycles. The molecule has 6 heavy (non-hydrogen) atoms. The fourth-order valence-electron chi connectivity index (χ4n) is 0. The Labute approximate surface area is 56.2 Å². The van der Waals surface area contributed by atoms with Crippen molar-refractivity contribution in [1.82, 2.24) is 0 Å². The van der Waals surface area contributed by atoms with E-state index in [1.54, 1.807) is 0 Å². The Morgan fingerprint density at radius 2 is 1.50 bits per heavy atom. The molecule has 0 heterocycles. The van der Waals surface area contributed by atoms with E-state index in [0.717, 1.165) is 0 Å². The molecule has 0 atom stereocenters. The van der Waals surface area contributed by atoms with Gasteiger partial charge in [0.25, 0.3) is 0 Å². The van der Waals surface area contributed by atoms with Crippen LogP contribution in [0.25, 0.3) is 0 Å². The van der Waals surface area contributed by atoms with Crippen molar-refractivity contribution in [2.24, 2.45) is 0 Å². The molecule has 0 aromatic rings. The van der Waals surface area contributed by atoms with E-state index in [1.807, 2.05) is 0 Å². The molecule has 2 nitrogen and oxygen atoms in total. The fourth-order valence-corrected chi connectivity index (χ4v) is 0. The quantitative estimate of drug-likeness (QED) is 0.288. The first kappa shape index (κ1) is 10.4. The molecule has 0 bridgehead atoms. The zero-order valence-corrected chi connectivity index (χ0v) is 6.11. The largest absolute Gasteiger partial charge is 0.338 e. The first-order valence-corrected chi connectivity index (χ1v) is 4.64. The number of hydrogen-bond acceptors (Lipinski definition) is 1. The summed E-state index contributed by atoms with van der Waals surface area (Å²) in [7, 11) is 0. The molecule has 0 amide bonds. The van der Waals surface area contributed by atoms with Gasteiger partial charge in [-0.1, -0.05) is 12.2 Å². The molecule has 0 saturated heterocycles. The monoisotopic (exact) mass is 188 g/mol. The first-order chi connectivity index (χ1) is 2.00. The average molecular weight is 189 g/mol. The van der Waals surface area contributed by atoms with Gasteiger partial charge in [0.2, 0.25) is 5.69 Å². The number of thiol groups is 1. The summed E-state index contributed by atoms with van der Waals surface area (Å²) in [6.07, 6.45) is 0. The van der Waals surface area contributed by atoms with Gasteiger partial charge in [-0.3, -0.25) is 0 Å². The van der Waals surface area contributed by atoms with Crippen LogP contribution in [0.1, 0.15) is 0 Å². The molecule has 0 aromatic heterocycles. The van der Waals surface area contributed by atoms with E-state index in [1.165, 1.54) is 0 Å². The van der Waals surface area contributed by atoms with Gasteiger partial charge in [-0.2, -0.15) is 0 Å². The van der Waals surface area contributed by atoms with Gasteiger partial charge in [-0.15, -0.1) is 0 Å². The van der Waals surface area contributed by atoms with Crippen LogP contribution in [-0.2, 0) is 28.3 Å². The third-order valence-corrected chi connectivity index (χ3v) is 0. The maximum atomic E-state index is 7.87. The van der Waals surface area contributed by atoms with Gasteiger partial charge in [-0.05, 0) is 11.8 Å². The molecule has 0 unspecified atom stereocenters. The SMILES string of the molecule is OP(O)(=S)S.[Ni]. The van der Waals surface area contributed by atoms with E-state index < -0.39 is 5.69 Å². The van der Waals surface area contributed by atoms with Crippen LogP contribution in [0.3, 0.4) is 0 Å². The maximum absolute atomic E-state index is 7.87. The molecule has 6 heteroatoms. The minimum Gasteiger partial charge on any atom is -0.338 e. The second kappa shape index (κ2) is 3.42. The Morgan fingerprint density at radius 3 is 1.50 bits per heavy atom. The van der Waals surface area contributed by atoms with Crippen molar-refractivity contribution < 1.29 is 26.3 Å². The van der Waals surface area contributed by atoms with Gasteiger partial charge in [0.05, 0.1) is 0 Å². The van der Waals surface area contributed by atoms with Crippen LogP contribution in [0.2, 0.25) is 0 Å². The molecule has 0 rings (SSSR count). The van der Waals surface area contributed by atoms with Gasteiger partial charge < -0.3 is 9.79 Å². The molecular formula is H3NiO2PS2. The van der Waals surface area contributed by atoms with E-state index >= 15 is 0 Å². The van der Waals surface area contributed by atoms with Crippen LogP contribution in [0.15, 0.2) is 0 Å². The van der Waals surface area contributed by atoms with E-state index in [4.69, 9.17) is 9.79 Å². The van der Waals surface area contributed by atoms with Crippen LogP contribution in [0, 0.1) is 0 Å². The Kier molecular flexibility index (Phi) is 5.93. The van der Waals surface area contributed by atoms with E-state index in [-0.39, 0.29) is 16.5 Å². The van der Waals surface area contributed by atoms with Crippen molar-refractivity contribution in [2.45, 2.75) is 0 Å². The average Bonchev–Trinajstić information content (AvgIpc) is 0.722. The summed E-state index contributed by atoms with van der Waals surface area (Å²) in [6.45, 7) is 0. The minimum absolute atomic E-state index is 0. The Hall–Kier alpha value is 1.41. The van der Waals surface area contributed by atoms with Crippen molar-refractivity contribution in [3.63, 3.8) is 0 Å². The van der Waals surface area contributed by atoms with Gasteiger partial charge in [0.1, 0.15) is 0 Å².